The monoisotopic (exact) mass is 132 g/mol. The number of hydrogen-bond acceptors (Lipinski definition) is 3. The number of aliphatic hydroxyl groups excluding tert-OH is 1. The molecule has 1 atom stereocenters. The lowest BCUT2D eigenvalue weighted by Crippen LogP contribution is -2.14. The topological polar surface area (TPSA) is 46.5 Å². The molecule has 9 heavy (non-hydrogen) atoms. The molecule has 0 aromatic carbocycles. The number of ether oxygens (including phenoxy) is 1. The minimum absolute atomic E-state index is 0.434. The van der Waals surface area contributed by atoms with E-state index in [0.717, 1.165) is 6.42 Å². The van der Waals surface area contributed by atoms with E-state index in [2.05, 4.69) is 4.74 Å². The highest BCUT2D eigenvalue weighted by Gasteiger charge is 2.03. The summed E-state index contributed by atoms with van der Waals surface area (Å²) < 4.78 is 4.41. The Balaban J connectivity index is 3.26. The summed E-state index contributed by atoms with van der Waals surface area (Å²) in [6.45, 7) is 3.19. The highest BCUT2D eigenvalue weighted by atomic mass is 16.6. The zero-order valence-corrected chi connectivity index (χ0v) is 5.76. The molecule has 0 amide bonds. The van der Waals surface area contributed by atoms with Gasteiger partial charge in [0.25, 0.3) is 0 Å². The Morgan fingerprint density at radius 2 is 2.33 bits per heavy atom. The first-order valence-corrected chi connectivity index (χ1v) is 3.02. The van der Waals surface area contributed by atoms with Crippen LogP contribution in [0.1, 0.15) is 26.7 Å². The molecule has 0 aliphatic rings. The van der Waals surface area contributed by atoms with Crippen molar-refractivity contribution in [2.45, 2.75) is 33.0 Å². The van der Waals surface area contributed by atoms with Crippen molar-refractivity contribution in [2.24, 2.45) is 0 Å². The van der Waals surface area contributed by atoms with Gasteiger partial charge in [0.15, 0.2) is 0 Å². The van der Waals surface area contributed by atoms with Crippen LogP contribution in [0.15, 0.2) is 0 Å². The fourth-order valence-electron chi connectivity index (χ4n) is 0.497. The first-order chi connectivity index (χ1) is 4.16. The SMILES string of the molecule is CCCC(O)OC(C)=O. The predicted molar refractivity (Wildman–Crippen MR) is 32.7 cm³/mol. The fourth-order valence-corrected chi connectivity index (χ4v) is 0.497. The smallest absolute Gasteiger partial charge is 0.304 e. The summed E-state index contributed by atoms with van der Waals surface area (Å²) in [5, 5.41) is 8.78. The number of carbonyl (C=O) groups is 1. The molecule has 0 rings (SSSR count). The summed E-state index contributed by atoms with van der Waals surface area (Å²) in [5.74, 6) is -0.434. The molecule has 0 aliphatic carbocycles. The molecule has 1 N–H and O–H groups in total. The maximum Gasteiger partial charge on any atom is 0.304 e. The molecule has 0 spiro atoms. The molecule has 0 saturated carbocycles. The summed E-state index contributed by atoms with van der Waals surface area (Å²) in [7, 11) is 0. The molecule has 1 unspecified atom stereocenters. The molecular weight excluding hydrogens is 120 g/mol. The molecular formula is C6H12O3. The van der Waals surface area contributed by atoms with Crippen LogP contribution in [0.25, 0.3) is 0 Å². The Hall–Kier alpha value is -0.570. The molecule has 0 radical (unpaired) electrons. The molecule has 0 heterocycles. The van der Waals surface area contributed by atoms with Crippen molar-refractivity contribution in [3.05, 3.63) is 0 Å². The van der Waals surface area contributed by atoms with Gasteiger partial charge in [0.2, 0.25) is 6.29 Å². The van der Waals surface area contributed by atoms with E-state index in [-0.39, 0.29) is 0 Å². The minimum atomic E-state index is -0.910. The lowest BCUT2D eigenvalue weighted by atomic mass is 10.3. The van der Waals surface area contributed by atoms with Crippen molar-refractivity contribution in [1.29, 1.82) is 0 Å². The van der Waals surface area contributed by atoms with Crippen LogP contribution in [-0.4, -0.2) is 17.4 Å². The average molecular weight is 132 g/mol. The van der Waals surface area contributed by atoms with Gasteiger partial charge < -0.3 is 9.84 Å². The Morgan fingerprint density at radius 3 is 2.67 bits per heavy atom. The zero-order valence-electron chi connectivity index (χ0n) is 5.76. The second-order valence-corrected chi connectivity index (χ2v) is 1.85. The van der Waals surface area contributed by atoms with Gasteiger partial charge in [-0.1, -0.05) is 13.3 Å². The molecule has 0 fully saturated rings. The van der Waals surface area contributed by atoms with Crippen LogP contribution >= 0.6 is 0 Å². The van der Waals surface area contributed by atoms with Crippen LogP contribution in [0.4, 0.5) is 0 Å². The van der Waals surface area contributed by atoms with E-state index in [0.29, 0.717) is 6.42 Å². The first-order valence-electron chi connectivity index (χ1n) is 3.02. The molecule has 0 aliphatic heterocycles. The van der Waals surface area contributed by atoms with Gasteiger partial charge in [0.1, 0.15) is 0 Å². The zero-order chi connectivity index (χ0) is 7.28. The summed E-state index contributed by atoms with van der Waals surface area (Å²) >= 11 is 0. The van der Waals surface area contributed by atoms with Crippen LogP contribution in [0.3, 0.4) is 0 Å². The van der Waals surface area contributed by atoms with E-state index in [1.807, 2.05) is 6.92 Å². The number of aliphatic hydroxyl groups is 1. The second kappa shape index (κ2) is 4.32. The molecule has 0 aromatic heterocycles. The molecule has 54 valence electrons. The molecule has 0 bridgehead atoms. The summed E-state index contributed by atoms with van der Waals surface area (Å²) in [6.07, 6.45) is 0.418. The van der Waals surface area contributed by atoms with E-state index in [4.69, 9.17) is 5.11 Å². The summed E-state index contributed by atoms with van der Waals surface area (Å²) in [6, 6.07) is 0. The third kappa shape index (κ3) is 5.30. The van der Waals surface area contributed by atoms with Crippen molar-refractivity contribution >= 4 is 5.97 Å². The van der Waals surface area contributed by atoms with Gasteiger partial charge in [-0.2, -0.15) is 0 Å². The van der Waals surface area contributed by atoms with Crippen LogP contribution in [0.5, 0.6) is 0 Å². The Labute approximate surface area is 54.6 Å². The van der Waals surface area contributed by atoms with E-state index in [9.17, 15) is 4.79 Å². The summed E-state index contributed by atoms with van der Waals surface area (Å²) in [4.78, 5) is 10.1. The molecule has 0 saturated heterocycles. The summed E-state index contributed by atoms with van der Waals surface area (Å²) in [5.41, 5.74) is 0. The largest absolute Gasteiger partial charge is 0.436 e. The minimum Gasteiger partial charge on any atom is -0.436 e. The normalized spacial score (nSPS) is 12.8. The van der Waals surface area contributed by atoms with Gasteiger partial charge >= 0.3 is 5.97 Å². The number of rotatable bonds is 3. The maximum atomic E-state index is 10.1. The molecule has 0 aromatic rings. The van der Waals surface area contributed by atoms with Crippen molar-refractivity contribution in [3.63, 3.8) is 0 Å². The lowest BCUT2D eigenvalue weighted by Gasteiger charge is -2.07. The van der Waals surface area contributed by atoms with Gasteiger partial charge in [-0.25, -0.2) is 0 Å². The van der Waals surface area contributed by atoms with Crippen LogP contribution in [0.2, 0.25) is 0 Å². The standard InChI is InChI=1S/C6H12O3/c1-3-4-6(8)9-5(2)7/h6,8H,3-4H2,1-2H3. The predicted octanol–water partition coefficient (Wildman–Crippen LogP) is 0.668. The van der Waals surface area contributed by atoms with Crippen molar-refractivity contribution in [2.75, 3.05) is 0 Å². The fraction of sp³-hybridized carbons (Fsp3) is 0.833. The highest BCUT2D eigenvalue weighted by molar-refractivity contribution is 5.65. The van der Waals surface area contributed by atoms with E-state index in [1.165, 1.54) is 6.92 Å². The first kappa shape index (κ1) is 8.43. The average Bonchev–Trinajstić information content (AvgIpc) is 1.63. The van der Waals surface area contributed by atoms with Crippen LogP contribution in [-0.2, 0) is 9.53 Å². The Kier molecular flexibility index (Phi) is 4.05. The van der Waals surface area contributed by atoms with Crippen LogP contribution < -0.4 is 0 Å². The third-order valence-electron chi connectivity index (χ3n) is 0.838. The lowest BCUT2D eigenvalue weighted by molar-refractivity contribution is -0.165. The Bertz CT molecular complexity index is 90.3. The van der Waals surface area contributed by atoms with Crippen molar-refractivity contribution in [1.82, 2.24) is 0 Å². The Morgan fingerprint density at radius 1 is 1.78 bits per heavy atom. The van der Waals surface area contributed by atoms with E-state index in [1.54, 1.807) is 0 Å². The van der Waals surface area contributed by atoms with E-state index < -0.39 is 12.3 Å². The third-order valence-corrected chi connectivity index (χ3v) is 0.838. The molecule has 3 heteroatoms. The quantitative estimate of drug-likeness (QED) is 0.453. The number of carbonyl (C=O) groups excluding carboxylic acids is 1. The number of hydrogen-bond donors (Lipinski definition) is 1. The van der Waals surface area contributed by atoms with Gasteiger partial charge in [0.05, 0.1) is 0 Å². The molecule has 3 nitrogen and oxygen atoms in total. The van der Waals surface area contributed by atoms with Gasteiger partial charge in [0, 0.05) is 13.3 Å². The van der Waals surface area contributed by atoms with E-state index >= 15 is 0 Å². The maximum absolute atomic E-state index is 10.1. The van der Waals surface area contributed by atoms with Crippen molar-refractivity contribution < 1.29 is 14.6 Å². The second-order valence-electron chi connectivity index (χ2n) is 1.85. The van der Waals surface area contributed by atoms with Gasteiger partial charge in [-0.05, 0) is 0 Å². The van der Waals surface area contributed by atoms with Crippen LogP contribution in [0, 0.1) is 0 Å². The van der Waals surface area contributed by atoms with Crippen molar-refractivity contribution in [3.8, 4) is 0 Å². The van der Waals surface area contributed by atoms with Gasteiger partial charge in [-0.3, -0.25) is 4.79 Å². The van der Waals surface area contributed by atoms with Gasteiger partial charge in [-0.15, -0.1) is 0 Å². The number of esters is 1. The highest BCUT2D eigenvalue weighted by Crippen LogP contribution is 1.96.